The third kappa shape index (κ3) is 4.11. The second kappa shape index (κ2) is 6.55. The SMILES string of the molecule is O=C(O)CSCc1nc(C2CSCCS2)no1. The Morgan fingerprint density at radius 3 is 3.18 bits per heavy atom. The number of aromatic nitrogens is 2. The normalized spacial score (nSPS) is 20.4. The van der Waals surface area contributed by atoms with Crippen molar-refractivity contribution in [3.63, 3.8) is 0 Å². The molecule has 0 spiro atoms. The quantitative estimate of drug-likeness (QED) is 0.882. The zero-order valence-corrected chi connectivity index (χ0v) is 11.4. The van der Waals surface area contributed by atoms with Gasteiger partial charge < -0.3 is 9.63 Å². The van der Waals surface area contributed by atoms with Crippen LogP contribution in [-0.4, -0.2) is 44.2 Å². The molecular weight excluding hydrogens is 280 g/mol. The lowest BCUT2D eigenvalue weighted by Gasteiger charge is -2.16. The molecule has 0 aliphatic carbocycles. The minimum absolute atomic E-state index is 0.0613. The first-order valence-corrected chi connectivity index (χ1v) is 8.43. The summed E-state index contributed by atoms with van der Waals surface area (Å²) in [4.78, 5) is 14.7. The van der Waals surface area contributed by atoms with Gasteiger partial charge in [0.1, 0.15) is 0 Å². The van der Waals surface area contributed by atoms with Crippen LogP contribution < -0.4 is 0 Å². The summed E-state index contributed by atoms with van der Waals surface area (Å²) in [5.41, 5.74) is 0. The van der Waals surface area contributed by atoms with E-state index in [0.717, 1.165) is 17.3 Å². The third-order valence-electron chi connectivity index (χ3n) is 2.04. The molecule has 1 aromatic heterocycles. The van der Waals surface area contributed by atoms with Gasteiger partial charge in [-0.25, -0.2) is 0 Å². The molecule has 1 atom stereocenters. The van der Waals surface area contributed by atoms with Crippen molar-refractivity contribution < 1.29 is 14.4 Å². The molecule has 8 heteroatoms. The number of carboxylic acid groups (broad SMARTS) is 1. The topological polar surface area (TPSA) is 76.2 Å². The Morgan fingerprint density at radius 2 is 2.47 bits per heavy atom. The molecule has 0 amide bonds. The standard InChI is InChI=1S/C9H12N2O3S3/c12-8(13)5-16-4-7-10-9(11-14-7)6-3-15-1-2-17-6/h6H,1-5H2,(H,12,13). The first kappa shape index (κ1) is 13.1. The number of carboxylic acids is 1. The fourth-order valence-corrected chi connectivity index (χ4v) is 4.48. The molecule has 0 radical (unpaired) electrons. The maximum absolute atomic E-state index is 10.3. The molecule has 1 unspecified atom stereocenters. The van der Waals surface area contributed by atoms with Gasteiger partial charge in [0.25, 0.3) is 0 Å². The predicted molar refractivity (Wildman–Crippen MR) is 70.6 cm³/mol. The van der Waals surface area contributed by atoms with Crippen molar-refractivity contribution in [2.24, 2.45) is 0 Å². The summed E-state index contributed by atoms with van der Waals surface area (Å²) in [7, 11) is 0. The molecule has 1 aromatic rings. The van der Waals surface area contributed by atoms with Crippen molar-refractivity contribution in [3.05, 3.63) is 11.7 Å². The van der Waals surface area contributed by atoms with Crippen molar-refractivity contribution in [2.75, 3.05) is 23.0 Å². The van der Waals surface area contributed by atoms with E-state index in [2.05, 4.69) is 10.1 Å². The fraction of sp³-hybridized carbons (Fsp3) is 0.667. The summed E-state index contributed by atoms with van der Waals surface area (Å²) in [6.07, 6.45) is 0. The van der Waals surface area contributed by atoms with E-state index in [9.17, 15) is 4.79 Å². The Kier molecular flexibility index (Phi) is 5.05. The van der Waals surface area contributed by atoms with Crippen LogP contribution in [0.25, 0.3) is 0 Å². The van der Waals surface area contributed by atoms with Crippen LogP contribution in [-0.2, 0) is 10.5 Å². The van der Waals surface area contributed by atoms with Crippen LogP contribution in [0.3, 0.4) is 0 Å². The third-order valence-corrected chi connectivity index (χ3v) is 5.69. The fourth-order valence-electron chi connectivity index (χ4n) is 1.32. The Labute approximate surface area is 111 Å². The Morgan fingerprint density at radius 1 is 1.59 bits per heavy atom. The number of carbonyl (C=O) groups is 1. The highest BCUT2D eigenvalue weighted by Gasteiger charge is 2.21. The lowest BCUT2D eigenvalue weighted by molar-refractivity contribution is -0.133. The molecule has 1 aliphatic heterocycles. The summed E-state index contributed by atoms with van der Waals surface area (Å²) < 4.78 is 5.10. The number of nitrogens with zero attached hydrogens (tertiary/aromatic N) is 2. The van der Waals surface area contributed by atoms with Crippen molar-refractivity contribution >= 4 is 41.3 Å². The molecule has 1 aliphatic rings. The van der Waals surface area contributed by atoms with Crippen LogP contribution >= 0.6 is 35.3 Å². The smallest absolute Gasteiger partial charge is 0.313 e. The number of thioether (sulfide) groups is 3. The second-order valence-electron chi connectivity index (χ2n) is 3.37. The molecule has 17 heavy (non-hydrogen) atoms. The largest absolute Gasteiger partial charge is 0.481 e. The monoisotopic (exact) mass is 292 g/mol. The lowest BCUT2D eigenvalue weighted by atomic mass is 10.4. The molecule has 5 nitrogen and oxygen atoms in total. The summed E-state index contributed by atoms with van der Waals surface area (Å²) in [6.45, 7) is 0. The first-order valence-electron chi connectivity index (χ1n) is 5.07. The minimum Gasteiger partial charge on any atom is -0.481 e. The van der Waals surface area contributed by atoms with Crippen molar-refractivity contribution in [3.8, 4) is 0 Å². The van der Waals surface area contributed by atoms with Gasteiger partial charge in [0, 0.05) is 17.3 Å². The number of aliphatic carboxylic acids is 1. The van der Waals surface area contributed by atoms with Crippen LogP contribution in [0.5, 0.6) is 0 Å². The van der Waals surface area contributed by atoms with E-state index in [1.165, 1.54) is 17.5 Å². The van der Waals surface area contributed by atoms with Gasteiger partial charge in [0.15, 0.2) is 5.82 Å². The average molecular weight is 292 g/mol. The number of hydrogen-bond acceptors (Lipinski definition) is 7. The summed E-state index contributed by atoms with van der Waals surface area (Å²) in [5, 5.41) is 12.8. The molecule has 1 saturated heterocycles. The maximum atomic E-state index is 10.3. The van der Waals surface area contributed by atoms with Gasteiger partial charge in [-0.1, -0.05) is 5.16 Å². The lowest BCUT2D eigenvalue weighted by Crippen LogP contribution is -2.08. The Hall–Kier alpha value is -0.340. The average Bonchev–Trinajstić information content (AvgIpc) is 2.78. The molecule has 0 bridgehead atoms. The number of rotatable bonds is 5. The van der Waals surface area contributed by atoms with Gasteiger partial charge in [-0.15, -0.1) is 23.5 Å². The van der Waals surface area contributed by atoms with Gasteiger partial charge in [-0.3, -0.25) is 4.79 Å². The molecule has 2 heterocycles. The molecule has 94 valence electrons. The van der Waals surface area contributed by atoms with Crippen LogP contribution in [0.15, 0.2) is 4.52 Å². The first-order chi connectivity index (χ1) is 8.25. The van der Waals surface area contributed by atoms with Crippen molar-refractivity contribution in [1.29, 1.82) is 0 Å². The van der Waals surface area contributed by atoms with E-state index < -0.39 is 5.97 Å². The van der Waals surface area contributed by atoms with E-state index in [1.54, 1.807) is 0 Å². The molecule has 1 N–H and O–H groups in total. The summed E-state index contributed by atoms with van der Waals surface area (Å²) in [5.74, 6) is 4.28. The van der Waals surface area contributed by atoms with Crippen LogP contribution in [0.4, 0.5) is 0 Å². The van der Waals surface area contributed by atoms with Crippen LogP contribution in [0.1, 0.15) is 17.0 Å². The van der Waals surface area contributed by atoms with Crippen molar-refractivity contribution in [1.82, 2.24) is 10.1 Å². The van der Waals surface area contributed by atoms with E-state index in [0.29, 0.717) is 16.9 Å². The van der Waals surface area contributed by atoms with Gasteiger partial charge in [-0.05, 0) is 0 Å². The van der Waals surface area contributed by atoms with E-state index in [-0.39, 0.29) is 5.75 Å². The van der Waals surface area contributed by atoms with Crippen molar-refractivity contribution in [2.45, 2.75) is 11.0 Å². The zero-order valence-electron chi connectivity index (χ0n) is 9.00. The van der Waals surface area contributed by atoms with Crippen LogP contribution in [0, 0.1) is 0 Å². The van der Waals surface area contributed by atoms with Gasteiger partial charge in [0.2, 0.25) is 5.89 Å². The van der Waals surface area contributed by atoms with E-state index in [4.69, 9.17) is 9.63 Å². The van der Waals surface area contributed by atoms with Gasteiger partial charge >= 0.3 is 5.97 Å². The van der Waals surface area contributed by atoms with Crippen LogP contribution in [0.2, 0.25) is 0 Å². The molecule has 2 rings (SSSR count). The Balaban J connectivity index is 1.84. The predicted octanol–water partition coefficient (Wildman–Crippen LogP) is 1.91. The van der Waals surface area contributed by atoms with Gasteiger partial charge in [0.05, 0.1) is 16.8 Å². The molecule has 1 fully saturated rings. The molecular formula is C9H12N2O3S3. The Bertz CT molecular complexity index is 379. The summed E-state index contributed by atoms with van der Waals surface area (Å²) in [6, 6.07) is 0. The van der Waals surface area contributed by atoms with E-state index >= 15 is 0 Å². The zero-order chi connectivity index (χ0) is 12.1. The maximum Gasteiger partial charge on any atom is 0.313 e. The molecule has 0 aromatic carbocycles. The van der Waals surface area contributed by atoms with E-state index in [1.807, 2.05) is 23.5 Å². The highest BCUT2D eigenvalue weighted by atomic mass is 32.2. The number of hydrogen-bond donors (Lipinski definition) is 1. The minimum atomic E-state index is -0.825. The molecule has 0 saturated carbocycles. The highest BCUT2D eigenvalue weighted by molar-refractivity contribution is 8.06. The van der Waals surface area contributed by atoms with Gasteiger partial charge in [-0.2, -0.15) is 16.7 Å². The highest BCUT2D eigenvalue weighted by Crippen LogP contribution is 2.35. The second-order valence-corrected chi connectivity index (χ2v) is 6.81. The summed E-state index contributed by atoms with van der Waals surface area (Å²) >= 11 is 5.02.